The summed E-state index contributed by atoms with van der Waals surface area (Å²) in [5.74, 6) is 0.640. The van der Waals surface area contributed by atoms with Crippen LogP contribution in [-0.2, 0) is 4.79 Å². The molecule has 0 bridgehead atoms. The summed E-state index contributed by atoms with van der Waals surface area (Å²) < 4.78 is 10.9. The molecule has 0 spiro atoms. The molecule has 6 heteroatoms. The van der Waals surface area contributed by atoms with Gasteiger partial charge < -0.3 is 14.5 Å². The van der Waals surface area contributed by atoms with Crippen molar-refractivity contribution in [3.63, 3.8) is 0 Å². The Morgan fingerprint density at radius 1 is 1.00 bits per heavy atom. The van der Waals surface area contributed by atoms with Gasteiger partial charge in [-0.25, -0.2) is 9.78 Å². The highest BCUT2D eigenvalue weighted by Crippen LogP contribution is 2.21. The van der Waals surface area contributed by atoms with E-state index in [-0.39, 0.29) is 18.4 Å². The van der Waals surface area contributed by atoms with Gasteiger partial charge in [0.05, 0.1) is 10.9 Å². The first-order chi connectivity index (χ1) is 14.1. The minimum Gasteiger partial charge on any atom is -0.483 e. The molecule has 0 aliphatic carbocycles. The lowest BCUT2D eigenvalue weighted by Gasteiger charge is -2.09. The Hall–Kier alpha value is -3.93. The van der Waals surface area contributed by atoms with E-state index in [4.69, 9.17) is 9.15 Å². The zero-order valence-electron chi connectivity index (χ0n) is 15.7. The Morgan fingerprint density at radius 2 is 1.72 bits per heavy atom. The van der Waals surface area contributed by atoms with E-state index in [1.165, 1.54) is 0 Å². The van der Waals surface area contributed by atoms with E-state index >= 15 is 0 Å². The third-order valence-electron chi connectivity index (χ3n) is 4.40. The summed E-state index contributed by atoms with van der Waals surface area (Å²) >= 11 is 0. The Labute approximate surface area is 166 Å². The van der Waals surface area contributed by atoms with Crippen LogP contribution in [0.3, 0.4) is 0 Å². The van der Waals surface area contributed by atoms with Crippen LogP contribution in [0.1, 0.15) is 5.56 Å². The minimum absolute atomic E-state index is 0.0896. The van der Waals surface area contributed by atoms with Crippen molar-refractivity contribution in [1.29, 1.82) is 0 Å². The molecule has 0 fully saturated rings. The second-order valence-electron chi connectivity index (χ2n) is 6.50. The van der Waals surface area contributed by atoms with Gasteiger partial charge in [0.25, 0.3) is 5.91 Å². The highest BCUT2D eigenvalue weighted by molar-refractivity contribution is 5.92. The quantitative estimate of drug-likeness (QED) is 0.556. The van der Waals surface area contributed by atoms with Gasteiger partial charge in [0.15, 0.2) is 6.61 Å². The molecule has 29 heavy (non-hydrogen) atoms. The number of para-hydroxylation sites is 2. The molecule has 1 heterocycles. The number of nitrogens with one attached hydrogen (secondary N) is 1. The number of benzene rings is 3. The SMILES string of the molecule is Cc1ccccc1OCC(=O)Nc1ccc(-c2nc3ccccc3c(=O)o2)cc1. The lowest BCUT2D eigenvalue weighted by molar-refractivity contribution is -0.118. The van der Waals surface area contributed by atoms with Crippen LogP contribution in [0, 0.1) is 6.92 Å². The molecular formula is C23H18N2O4. The maximum Gasteiger partial charge on any atom is 0.347 e. The molecule has 0 saturated heterocycles. The van der Waals surface area contributed by atoms with Crippen molar-refractivity contribution in [3.05, 3.63) is 88.8 Å². The number of amides is 1. The Balaban J connectivity index is 1.45. The number of fused-ring (bicyclic) bond motifs is 1. The lowest BCUT2D eigenvalue weighted by atomic mass is 10.2. The molecule has 0 aliphatic rings. The average Bonchev–Trinajstić information content (AvgIpc) is 2.74. The first-order valence-electron chi connectivity index (χ1n) is 9.09. The average molecular weight is 386 g/mol. The Kier molecular flexibility index (Phi) is 5.07. The topological polar surface area (TPSA) is 81.4 Å². The van der Waals surface area contributed by atoms with Gasteiger partial charge in [0.1, 0.15) is 5.75 Å². The summed E-state index contributed by atoms with van der Waals surface area (Å²) in [4.78, 5) is 28.6. The molecule has 6 nitrogen and oxygen atoms in total. The van der Waals surface area contributed by atoms with Crippen molar-refractivity contribution < 1.29 is 13.9 Å². The van der Waals surface area contributed by atoms with Crippen molar-refractivity contribution in [3.8, 4) is 17.2 Å². The molecule has 0 atom stereocenters. The van der Waals surface area contributed by atoms with Crippen LogP contribution in [-0.4, -0.2) is 17.5 Å². The van der Waals surface area contributed by atoms with Crippen molar-refractivity contribution >= 4 is 22.5 Å². The summed E-state index contributed by atoms with van der Waals surface area (Å²) in [5.41, 5.74) is 2.35. The van der Waals surface area contributed by atoms with Gasteiger partial charge in [-0.2, -0.15) is 0 Å². The summed E-state index contributed by atoms with van der Waals surface area (Å²) in [7, 11) is 0. The molecule has 4 aromatic rings. The predicted molar refractivity (Wildman–Crippen MR) is 111 cm³/mol. The molecule has 1 amide bonds. The molecular weight excluding hydrogens is 368 g/mol. The fraction of sp³-hybridized carbons (Fsp3) is 0.0870. The van der Waals surface area contributed by atoms with Crippen LogP contribution < -0.4 is 15.7 Å². The summed E-state index contributed by atoms with van der Waals surface area (Å²) in [6.45, 7) is 1.83. The number of hydrogen-bond donors (Lipinski definition) is 1. The molecule has 3 aromatic carbocycles. The lowest BCUT2D eigenvalue weighted by Crippen LogP contribution is -2.20. The monoisotopic (exact) mass is 386 g/mol. The number of aryl methyl sites for hydroxylation is 1. The first-order valence-corrected chi connectivity index (χ1v) is 9.09. The smallest absolute Gasteiger partial charge is 0.347 e. The van der Waals surface area contributed by atoms with Gasteiger partial charge in [-0.3, -0.25) is 4.79 Å². The maximum absolute atomic E-state index is 12.1. The van der Waals surface area contributed by atoms with Crippen LogP contribution >= 0.6 is 0 Å². The summed E-state index contributed by atoms with van der Waals surface area (Å²) in [6, 6.07) is 21.4. The molecule has 144 valence electrons. The number of carbonyl (C=O) groups excluding carboxylic acids is 1. The van der Waals surface area contributed by atoms with Gasteiger partial charge in [-0.15, -0.1) is 0 Å². The molecule has 0 unspecified atom stereocenters. The number of hydrogen-bond acceptors (Lipinski definition) is 5. The van der Waals surface area contributed by atoms with Gasteiger partial charge in [0.2, 0.25) is 5.89 Å². The van der Waals surface area contributed by atoms with E-state index in [2.05, 4.69) is 10.3 Å². The van der Waals surface area contributed by atoms with Crippen LogP contribution in [0.25, 0.3) is 22.4 Å². The number of ether oxygens (including phenoxy) is 1. The van der Waals surface area contributed by atoms with E-state index in [0.29, 0.717) is 27.9 Å². The molecule has 1 aromatic heterocycles. The van der Waals surface area contributed by atoms with Gasteiger partial charge in [0, 0.05) is 11.3 Å². The molecule has 4 rings (SSSR count). The number of anilines is 1. The standard InChI is InChI=1S/C23H18N2O4/c1-15-6-2-5-9-20(15)28-14-21(26)24-17-12-10-16(11-13-17)22-25-19-8-4-3-7-18(19)23(27)29-22/h2-13H,14H2,1H3,(H,24,26). The largest absolute Gasteiger partial charge is 0.483 e. The van der Waals surface area contributed by atoms with Gasteiger partial charge in [-0.1, -0.05) is 30.3 Å². The number of nitrogens with zero attached hydrogens (tertiary/aromatic N) is 1. The van der Waals surface area contributed by atoms with E-state index in [0.717, 1.165) is 5.56 Å². The van der Waals surface area contributed by atoms with E-state index in [1.54, 1.807) is 42.5 Å². The zero-order valence-corrected chi connectivity index (χ0v) is 15.7. The number of carbonyl (C=O) groups is 1. The maximum atomic E-state index is 12.1. The minimum atomic E-state index is -0.434. The van der Waals surface area contributed by atoms with Crippen molar-refractivity contribution in [2.75, 3.05) is 11.9 Å². The third kappa shape index (κ3) is 4.16. The summed E-state index contributed by atoms with van der Waals surface area (Å²) in [5, 5.41) is 3.21. The van der Waals surface area contributed by atoms with E-state index in [1.807, 2.05) is 37.3 Å². The molecule has 1 N–H and O–H groups in total. The fourth-order valence-corrected chi connectivity index (χ4v) is 2.90. The highest BCUT2D eigenvalue weighted by atomic mass is 16.5. The third-order valence-corrected chi connectivity index (χ3v) is 4.40. The van der Waals surface area contributed by atoms with Crippen molar-refractivity contribution in [1.82, 2.24) is 4.98 Å². The second-order valence-corrected chi connectivity index (χ2v) is 6.50. The van der Waals surface area contributed by atoms with Crippen LogP contribution in [0.2, 0.25) is 0 Å². The zero-order chi connectivity index (χ0) is 20.2. The molecule has 0 saturated carbocycles. The normalized spacial score (nSPS) is 10.7. The predicted octanol–water partition coefficient (Wildman–Crippen LogP) is 4.18. The van der Waals surface area contributed by atoms with Crippen molar-refractivity contribution in [2.24, 2.45) is 0 Å². The summed E-state index contributed by atoms with van der Waals surface area (Å²) in [6.07, 6.45) is 0. The fourth-order valence-electron chi connectivity index (χ4n) is 2.90. The Bertz CT molecular complexity index is 1230. The highest BCUT2D eigenvalue weighted by Gasteiger charge is 2.09. The molecule has 0 radical (unpaired) electrons. The van der Waals surface area contributed by atoms with Gasteiger partial charge >= 0.3 is 5.63 Å². The number of rotatable bonds is 5. The van der Waals surface area contributed by atoms with Crippen LogP contribution in [0.5, 0.6) is 5.75 Å². The van der Waals surface area contributed by atoms with Crippen LogP contribution in [0.15, 0.2) is 82.0 Å². The van der Waals surface area contributed by atoms with Crippen molar-refractivity contribution in [2.45, 2.75) is 6.92 Å². The Morgan fingerprint density at radius 3 is 2.52 bits per heavy atom. The number of aromatic nitrogens is 1. The van der Waals surface area contributed by atoms with Crippen LogP contribution in [0.4, 0.5) is 5.69 Å². The van der Waals surface area contributed by atoms with Gasteiger partial charge in [-0.05, 0) is 55.0 Å². The first kappa shape index (κ1) is 18.4. The van der Waals surface area contributed by atoms with E-state index < -0.39 is 5.63 Å². The molecule has 0 aliphatic heterocycles. The second kappa shape index (κ2) is 7.98. The van der Waals surface area contributed by atoms with E-state index in [9.17, 15) is 9.59 Å².